The maximum absolute atomic E-state index is 11.8. The fraction of sp³-hybridized carbons (Fsp3) is 0.308. The average molecular weight is 302 g/mol. The molecule has 0 unspecified atom stereocenters. The first kappa shape index (κ1) is 19.4. The van der Waals surface area contributed by atoms with E-state index in [9.17, 15) is 19.5 Å². The summed E-state index contributed by atoms with van der Waals surface area (Å²) in [7, 11) is 1.73. The zero-order chi connectivity index (χ0) is 15.1. The molecule has 0 aliphatic rings. The van der Waals surface area contributed by atoms with Crippen LogP contribution in [0.5, 0.6) is 0 Å². The summed E-state index contributed by atoms with van der Waals surface area (Å²) >= 11 is 0. The molecule has 7 nitrogen and oxygen atoms in total. The standard InChI is InChI=1S/C13H16N2O5.Na/c1-14-9-4-2-8(3-5-9)12(18)15-10(13(19)20)6-7-11(16)17;/h2-5,10,14H,6-7H2,1H3,(H,15,18)(H,16,17)(H,19,20);/q;+1/p-1/t10-;/m0./s1. The van der Waals surface area contributed by atoms with Gasteiger partial charge < -0.3 is 25.6 Å². The number of carbonyl (C=O) groups excluding carboxylic acids is 2. The first-order valence-corrected chi connectivity index (χ1v) is 5.95. The number of hydrogen-bond donors (Lipinski definition) is 3. The van der Waals surface area contributed by atoms with Crippen molar-refractivity contribution >= 4 is 23.5 Å². The van der Waals surface area contributed by atoms with Crippen LogP contribution in [0.15, 0.2) is 24.3 Å². The Morgan fingerprint density at radius 1 is 1.24 bits per heavy atom. The summed E-state index contributed by atoms with van der Waals surface area (Å²) in [6.07, 6.45) is -0.659. The van der Waals surface area contributed by atoms with Crippen molar-refractivity contribution in [2.75, 3.05) is 12.4 Å². The first-order chi connectivity index (χ1) is 9.43. The van der Waals surface area contributed by atoms with Crippen molar-refractivity contribution in [2.24, 2.45) is 0 Å². The van der Waals surface area contributed by atoms with E-state index in [1.54, 1.807) is 31.3 Å². The van der Waals surface area contributed by atoms with Gasteiger partial charge in [-0.15, -0.1) is 0 Å². The largest absolute Gasteiger partial charge is 1.00 e. The summed E-state index contributed by atoms with van der Waals surface area (Å²) in [5.41, 5.74) is 1.11. The van der Waals surface area contributed by atoms with Gasteiger partial charge in [0.2, 0.25) is 0 Å². The summed E-state index contributed by atoms with van der Waals surface area (Å²) in [6.45, 7) is 0. The maximum Gasteiger partial charge on any atom is 1.00 e. The second kappa shape index (κ2) is 9.38. The van der Waals surface area contributed by atoms with Crippen LogP contribution in [-0.2, 0) is 9.59 Å². The Morgan fingerprint density at radius 3 is 2.24 bits per heavy atom. The number of carboxylic acid groups (broad SMARTS) is 2. The van der Waals surface area contributed by atoms with Gasteiger partial charge in [-0.25, -0.2) is 4.79 Å². The molecule has 1 aromatic rings. The Hall–Kier alpha value is -1.57. The number of nitrogens with one attached hydrogen (secondary N) is 2. The van der Waals surface area contributed by atoms with Crippen LogP contribution in [-0.4, -0.2) is 36.0 Å². The van der Waals surface area contributed by atoms with Gasteiger partial charge in [0.15, 0.2) is 0 Å². The third-order valence-electron chi connectivity index (χ3n) is 2.68. The molecule has 3 N–H and O–H groups in total. The van der Waals surface area contributed by atoms with Crippen molar-refractivity contribution in [3.8, 4) is 0 Å². The smallest absolute Gasteiger partial charge is 0.550 e. The quantitative estimate of drug-likeness (QED) is 0.449. The number of hydrogen-bond acceptors (Lipinski definition) is 5. The Bertz CT molecular complexity index is 504. The molecule has 0 aliphatic heterocycles. The number of carbonyl (C=O) groups is 3. The first-order valence-electron chi connectivity index (χ1n) is 5.95. The summed E-state index contributed by atoms with van der Waals surface area (Å²) in [5.74, 6) is -3.21. The van der Waals surface area contributed by atoms with E-state index in [-0.39, 0.29) is 36.0 Å². The molecule has 1 rings (SSSR count). The van der Waals surface area contributed by atoms with Gasteiger partial charge in [-0.1, -0.05) is 0 Å². The fourth-order valence-electron chi connectivity index (χ4n) is 1.55. The Balaban J connectivity index is 0.00000400. The molecule has 1 amide bonds. The predicted molar refractivity (Wildman–Crippen MR) is 69.1 cm³/mol. The summed E-state index contributed by atoms with van der Waals surface area (Å²) < 4.78 is 0. The minimum Gasteiger partial charge on any atom is -0.550 e. The second-order valence-corrected chi connectivity index (χ2v) is 4.10. The van der Waals surface area contributed by atoms with Crippen LogP contribution in [0.2, 0.25) is 0 Å². The zero-order valence-electron chi connectivity index (χ0n) is 11.9. The van der Waals surface area contributed by atoms with Gasteiger partial charge in [0.1, 0.15) is 6.04 Å². The maximum atomic E-state index is 11.8. The molecule has 1 aromatic carbocycles. The van der Waals surface area contributed by atoms with E-state index in [4.69, 9.17) is 5.11 Å². The molecule has 8 heteroatoms. The molecular weight excluding hydrogens is 287 g/mol. The monoisotopic (exact) mass is 302 g/mol. The SMILES string of the molecule is CNc1ccc(C(=O)N[C@@H](CCC(=O)[O-])C(=O)O)cc1.[Na+]. The summed E-state index contributed by atoms with van der Waals surface area (Å²) in [5, 5.41) is 24.4. The second-order valence-electron chi connectivity index (χ2n) is 4.10. The van der Waals surface area contributed by atoms with Crippen molar-refractivity contribution < 1.29 is 54.2 Å². The zero-order valence-corrected chi connectivity index (χ0v) is 13.9. The summed E-state index contributed by atoms with van der Waals surface area (Å²) in [6, 6.07) is 5.17. The predicted octanol–water partition coefficient (Wildman–Crippen LogP) is -3.55. The molecule has 0 aromatic heterocycles. The number of aliphatic carboxylic acids is 2. The van der Waals surface area contributed by atoms with Crippen molar-refractivity contribution in [1.82, 2.24) is 5.32 Å². The molecule has 1 atom stereocenters. The van der Waals surface area contributed by atoms with E-state index in [1.165, 1.54) is 0 Å². The van der Waals surface area contributed by atoms with Crippen molar-refractivity contribution in [2.45, 2.75) is 18.9 Å². The third-order valence-corrected chi connectivity index (χ3v) is 2.68. The van der Waals surface area contributed by atoms with Crippen LogP contribution in [0.4, 0.5) is 5.69 Å². The van der Waals surface area contributed by atoms with E-state index in [0.29, 0.717) is 5.56 Å². The van der Waals surface area contributed by atoms with E-state index in [1.807, 2.05) is 0 Å². The Labute approximate surface area is 144 Å². The van der Waals surface area contributed by atoms with Gasteiger partial charge in [-0.3, -0.25) is 4.79 Å². The average Bonchev–Trinajstić information content (AvgIpc) is 2.42. The number of rotatable bonds is 7. The van der Waals surface area contributed by atoms with Crippen molar-refractivity contribution in [3.05, 3.63) is 29.8 Å². The molecule has 0 radical (unpaired) electrons. The van der Waals surface area contributed by atoms with Crippen LogP contribution < -0.4 is 45.3 Å². The number of carboxylic acids is 2. The third kappa shape index (κ3) is 6.61. The molecule has 0 bridgehead atoms. The van der Waals surface area contributed by atoms with Gasteiger partial charge in [0.05, 0.1) is 0 Å². The molecule has 0 saturated heterocycles. The minimum absolute atomic E-state index is 0. The molecule has 0 fully saturated rings. The molecule has 108 valence electrons. The normalized spacial score (nSPS) is 10.9. The van der Waals surface area contributed by atoms with Crippen LogP contribution in [0.1, 0.15) is 23.2 Å². The fourth-order valence-corrected chi connectivity index (χ4v) is 1.55. The molecule has 0 aliphatic carbocycles. The topological polar surface area (TPSA) is 119 Å². The van der Waals surface area contributed by atoms with Gasteiger partial charge in [-0.2, -0.15) is 0 Å². The van der Waals surface area contributed by atoms with Crippen LogP contribution in [0, 0.1) is 0 Å². The van der Waals surface area contributed by atoms with E-state index in [0.717, 1.165) is 5.69 Å². The molecule has 0 heterocycles. The Kier molecular flexibility index (Phi) is 8.68. The van der Waals surface area contributed by atoms with Crippen LogP contribution in [0.3, 0.4) is 0 Å². The van der Waals surface area contributed by atoms with E-state index in [2.05, 4.69) is 10.6 Å². The molecule has 0 spiro atoms. The summed E-state index contributed by atoms with van der Waals surface area (Å²) in [4.78, 5) is 33.1. The Morgan fingerprint density at radius 2 is 1.81 bits per heavy atom. The van der Waals surface area contributed by atoms with E-state index < -0.39 is 30.3 Å². The van der Waals surface area contributed by atoms with Gasteiger partial charge in [-0.05, 0) is 37.1 Å². The van der Waals surface area contributed by atoms with Crippen LogP contribution >= 0.6 is 0 Å². The number of anilines is 1. The molecular formula is C13H15N2NaO5. The van der Waals surface area contributed by atoms with Crippen LogP contribution in [0.25, 0.3) is 0 Å². The van der Waals surface area contributed by atoms with E-state index >= 15 is 0 Å². The number of amides is 1. The van der Waals surface area contributed by atoms with Gasteiger partial charge in [0.25, 0.3) is 5.91 Å². The minimum atomic E-state index is -1.36. The van der Waals surface area contributed by atoms with Gasteiger partial charge in [0, 0.05) is 24.3 Å². The van der Waals surface area contributed by atoms with Crippen molar-refractivity contribution in [1.29, 1.82) is 0 Å². The van der Waals surface area contributed by atoms with Gasteiger partial charge >= 0.3 is 35.5 Å². The molecule has 0 saturated carbocycles. The van der Waals surface area contributed by atoms with Crippen molar-refractivity contribution in [3.63, 3.8) is 0 Å². The number of benzene rings is 1. The molecule has 21 heavy (non-hydrogen) atoms.